The Morgan fingerprint density at radius 1 is 1.26 bits per heavy atom. The van der Waals surface area contributed by atoms with Gasteiger partial charge in [-0.15, -0.1) is 0 Å². The van der Waals surface area contributed by atoms with Crippen LogP contribution in [0.5, 0.6) is 0 Å². The Morgan fingerprint density at radius 3 is 2.53 bits per heavy atom. The Kier molecular flexibility index (Phi) is 3.58. The summed E-state index contributed by atoms with van der Waals surface area (Å²) in [6.07, 6.45) is 1.61. The number of carbonyl (C=O) groups is 1. The molecule has 4 nitrogen and oxygen atoms in total. The summed E-state index contributed by atoms with van der Waals surface area (Å²) in [4.78, 5) is 23.7. The van der Waals surface area contributed by atoms with Gasteiger partial charge in [0.25, 0.3) is 5.56 Å². The van der Waals surface area contributed by atoms with Crippen molar-refractivity contribution < 1.29 is 4.79 Å². The van der Waals surface area contributed by atoms with E-state index in [1.807, 2.05) is 13.0 Å². The molecule has 2 aromatic rings. The smallest absolute Gasteiger partial charge is 0.251 e. The zero-order valence-electron chi connectivity index (χ0n) is 10.5. The number of hydrogen-bond acceptors (Lipinski definition) is 3. The minimum atomic E-state index is -0.193. The summed E-state index contributed by atoms with van der Waals surface area (Å²) >= 11 is 0. The zero-order chi connectivity index (χ0) is 13.8. The van der Waals surface area contributed by atoms with E-state index in [0.717, 1.165) is 5.56 Å². The van der Waals surface area contributed by atoms with Crippen molar-refractivity contribution >= 4 is 5.78 Å². The minimum absolute atomic E-state index is 0.00497. The van der Waals surface area contributed by atoms with Crippen molar-refractivity contribution in [3.63, 3.8) is 0 Å². The van der Waals surface area contributed by atoms with E-state index in [2.05, 4.69) is 0 Å². The number of nitriles is 1. The van der Waals surface area contributed by atoms with Crippen molar-refractivity contribution in [1.29, 1.82) is 5.26 Å². The van der Waals surface area contributed by atoms with Crippen molar-refractivity contribution in [2.45, 2.75) is 13.5 Å². The fourth-order valence-corrected chi connectivity index (χ4v) is 1.71. The van der Waals surface area contributed by atoms with Gasteiger partial charge >= 0.3 is 0 Å². The number of benzene rings is 1. The standard InChI is InChI=1S/C15H12N2O2/c1-11-6-7-17(15(19)8-11)10-14(18)13-4-2-12(9-16)3-5-13/h2-8H,10H2,1H3. The number of Topliss-reactive ketones (excluding diaryl/α,β-unsaturated/α-hetero) is 1. The van der Waals surface area contributed by atoms with Gasteiger partial charge in [0.2, 0.25) is 0 Å². The monoisotopic (exact) mass is 252 g/mol. The van der Waals surface area contributed by atoms with Gasteiger partial charge in [0.05, 0.1) is 18.2 Å². The van der Waals surface area contributed by atoms with Crippen LogP contribution in [0.25, 0.3) is 0 Å². The normalized spacial score (nSPS) is 9.89. The Balaban J connectivity index is 2.21. The van der Waals surface area contributed by atoms with Crippen LogP contribution in [-0.2, 0) is 6.54 Å². The molecule has 0 spiro atoms. The van der Waals surface area contributed by atoms with Crippen LogP contribution in [-0.4, -0.2) is 10.4 Å². The predicted molar refractivity (Wildman–Crippen MR) is 70.9 cm³/mol. The molecule has 0 saturated heterocycles. The van der Waals surface area contributed by atoms with Crippen LogP contribution >= 0.6 is 0 Å². The zero-order valence-corrected chi connectivity index (χ0v) is 10.5. The van der Waals surface area contributed by atoms with Crippen molar-refractivity contribution in [2.24, 2.45) is 0 Å². The summed E-state index contributed by atoms with van der Waals surface area (Å²) in [6.45, 7) is 1.83. The number of pyridine rings is 1. The van der Waals surface area contributed by atoms with Crippen LogP contribution in [0.4, 0.5) is 0 Å². The van der Waals surface area contributed by atoms with Gasteiger partial charge in [0.15, 0.2) is 5.78 Å². The molecule has 0 unspecified atom stereocenters. The molecule has 0 aliphatic heterocycles. The molecule has 4 heteroatoms. The molecule has 0 amide bonds. The maximum atomic E-state index is 12.0. The number of ketones is 1. The van der Waals surface area contributed by atoms with E-state index in [0.29, 0.717) is 11.1 Å². The minimum Gasteiger partial charge on any atom is -0.308 e. The van der Waals surface area contributed by atoms with Crippen molar-refractivity contribution in [1.82, 2.24) is 4.57 Å². The number of carbonyl (C=O) groups excluding carboxylic acids is 1. The first-order valence-corrected chi connectivity index (χ1v) is 5.80. The molecule has 1 aromatic carbocycles. The summed E-state index contributed by atoms with van der Waals surface area (Å²) in [5, 5.41) is 8.68. The van der Waals surface area contributed by atoms with Crippen molar-refractivity contribution in [3.05, 3.63) is 69.6 Å². The molecule has 1 heterocycles. The van der Waals surface area contributed by atoms with Crippen LogP contribution in [0.15, 0.2) is 47.4 Å². The summed E-state index contributed by atoms with van der Waals surface area (Å²) in [6, 6.07) is 11.6. The van der Waals surface area contributed by atoms with Gasteiger partial charge in [0.1, 0.15) is 0 Å². The fourth-order valence-electron chi connectivity index (χ4n) is 1.71. The van der Waals surface area contributed by atoms with Gasteiger partial charge in [0, 0.05) is 17.8 Å². The SMILES string of the molecule is Cc1ccn(CC(=O)c2ccc(C#N)cc2)c(=O)c1. The van der Waals surface area contributed by atoms with Gasteiger partial charge in [-0.25, -0.2) is 0 Å². The number of nitrogens with zero attached hydrogens (tertiary/aromatic N) is 2. The van der Waals surface area contributed by atoms with Crippen LogP contribution in [0.2, 0.25) is 0 Å². The van der Waals surface area contributed by atoms with E-state index in [1.165, 1.54) is 10.6 Å². The van der Waals surface area contributed by atoms with Crippen LogP contribution < -0.4 is 5.56 Å². The average molecular weight is 252 g/mol. The van der Waals surface area contributed by atoms with Gasteiger partial charge in [-0.2, -0.15) is 5.26 Å². The predicted octanol–water partition coefficient (Wildman–Crippen LogP) is 1.91. The Labute approximate surface area is 110 Å². The van der Waals surface area contributed by atoms with Gasteiger partial charge < -0.3 is 4.57 Å². The Bertz CT molecular complexity index is 706. The number of rotatable bonds is 3. The molecule has 0 aliphatic rings. The molecular formula is C15H12N2O2. The average Bonchev–Trinajstić information content (AvgIpc) is 2.42. The second kappa shape index (κ2) is 5.32. The number of hydrogen-bond donors (Lipinski definition) is 0. The highest BCUT2D eigenvalue weighted by molar-refractivity contribution is 5.95. The molecule has 0 bridgehead atoms. The number of aryl methyl sites for hydroxylation is 1. The van der Waals surface area contributed by atoms with E-state index >= 15 is 0 Å². The summed E-state index contributed by atoms with van der Waals surface area (Å²) < 4.78 is 1.37. The summed E-state index contributed by atoms with van der Waals surface area (Å²) in [5.41, 5.74) is 1.67. The van der Waals surface area contributed by atoms with Gasteiger partial charge in [-0.3, -0.25) is 9.59 Å². The molecule has 0 atom stereocenters. The Morgan fingerprint density at radius 2 is 1.95 bits per heavy atom. The lowest BCUT2D eigenvalue weighted by Gasteiger charge is -2.05. The maximum absolute atomic E-state index is 12.0. The fraction of sp³-hybridized carbons (Fsp3) is 0.133. The first-order valence-electron chi connectivity index (χ1n) is 5.80. The maximum Gasteiger partial charge on any atom is 0.251 e. The van der Waals surface area contributed by atoms with E-state index in [1.54, 1.807) is 36.5 Å². The number of aromatic nitrogens is 1. The highest BCUT2D eigenvalue weighted by Gasteiger charge is 2.07. The third-order valence-corrected chi connectivity index (χ3v) is 2.80. The molecule has 19 heavy (non-hydrogen) atoms. The molecule has 2 rings (SSSR count). The molecule has 0 aliphatic carbocycles. The van der Waals surface area contributed by atoms with Crippen LogP contribution in [0.1, 0.15) is 21.5 Å². The molecule has 94 valence electrons. The molecule has 0 fully saturated rings. The molecule has 0 saturated carbocycles. The third kappa shape index (κ3) is 2.96. The lowest BCUT2D eigenvalue weighted by molar-refractivity contribution is 0.0971. The Hall–Kier alpha value is -2.67. The third-order valence-electron chi connectivity index (χ3n) is 2.80. The lowest BCUT2D eigenvalue weighted by Crippen LogP contribution is -2.23. The second-order valence-electron chi connectivity index (χ2n) is 4.28. The summed E-state index contributed by atoms with van der Waals surface area (Å²) in [7, 11) is 0. The van der Waals surface area contributed by atoms with Crippen LogP contribution in [0.3, 0.4) is 0 Å². The lowest BCUT2D eigenvalue weighted by atomic mass is 10.1. The first kappa shape index (κ1) is 12.8. The topological polar surface area (TPSA) is 62.9 Å². The highest BCUT2D eigenvalue weighted by atomic mass is 16.1. The van der Waals surface area contributed by atoms with E-state index in [4.69, 9.17) is 5.26 Å². The van der Waals surface area contributed by atoms with Gasteiger partial charge in [-0.1, -0.05) is 12.1 Å². The molecule has 0 radical (unpaired) electrons. The first-order chi connectivity index (χ1) is 9.10. The van der Waals surface area contributed by atoms with Crippen LogP contribution in [0, 0.1) is 18.3 Å². The van der Waals surface area contributed by atoms with Crippen molar-refractivity contribution in [2.75, 3.05) is 0 Å². The van der Waals surface area contributed by atoms with Gasteiger partial charge in [-0.05, 0) is 30.7 Å². The highest BCUT2D eigenvalue weighted by Crippen LogP contribution is 2.05. The molecule has 1 aromatic heterocycles. The van der Waals surface area contributed by atoms with E-state index < -0.39 is 0 Å². The molecule has 0 N–H and O–H groups in total. The molecular weight excluding hydrogens is 240 g/mol. The van der Waals surface area contributed by atoms with Crippen molar-refractivity contribution in [3.8, 4) is 6.07 Å². The quantitative estimate of drug-likeness (QED) is 0.784. The van der Waals surface area contributed by atoms with E-state index in [-0.39, 0.29) is 17.9 Å². The van der Waals surface area contributed by atoms with E-state index in [9.17, 15) is 9.59 Å². The second-order valence-corrected chi connectivity index (χ2v) is 4.28. The largest absolute Gasteiger partial charge is 0.308 e. The summed E-state index contributed by atoms with van der Waals surface area (Å²) in [5.74, 6) is -0.157.